The van der Waals surface area contributed by atoms with Gasteiger partial charge in [0.2, 0.25) is 0 Å². The third kappa shape index (κ3) is 3690. The summed E-state index contributed by atoms with van der Waals surface area (Å²) in [5, 5.41) is 0. The summed E-state index contributed by atoms with van der Waals surface area (Å²) in [5.74, 6) is 0. The molecule has 122 valence electrons. The highest BCUT2D eigenvalue weighted by atomic mass is 28.4. The van der Waals surface area contributed by atoms with Crippen molar-refractivity contribution in [3.8, 4) is 0 Å². The molecule has 14 N–H and O–H groups in total. The van der Waals surface area contributed by atoms with Gasteiger partial charge in [-0.2, -0.15) is 0 Å². The summed E-state index contributed by atoms with van der Waals surface area (Å²) >= 11 is 0. The predicted molar refractivity (Wildman–Crippen MR) is 63.2 cm³/mol. The lowest BCUT2D eigenvalue weighted by Gasteiger charge is -1.91. The van der Waals surface area contributed by atoms with Crippen LogP contribution in [0, 0.1) is 0 Å². The van der Waals surface area contributed by atoms with Crippen LogP contribution < -0.4 is 5.73 Å². The molecule has 0 heterocycles. The van der Waals surface area contributed by atoms with Crippen molar-refractivity contribution in [3.63, 3.8) is 0 Å². The van der Waals surface area contributed by atoms with Crippen molar-refractivity contribution in [2.24, 2.45) is 5.73 Å². The first-order valence-corrected chi connectivity index (χ1v) is 9.67. The van der Waals surface area contributed by atoms with Crippen LogP contribution in [0.5, 0.6) is 0 Å². The zero-order valence-electron chi connectivity index (χ0n) is 9.86. The molecule has 0 atom stereocenters. The predicted octanol–water partition coefficient (Wildman–Crippen LogP) is -7.47. The summed E-state index contributed by atoms with van der Waals surface area (Å²) in [6.07, 6.45) is 1.10. The fourth-order valence-electron chi connectivity index (χ4n) is 0. The van der Waals surface area contributed by atoms with Gasteiger partial charge in [-0.15, -0.1) is 0 Å². The lowest BCUT2D eigenvalue weighted by Crippen LogP contribution is -2.33. The molecule has 0 spiro atoms. The molecule has 0 saturated carbocycles. The highest BCUT2D eigenvalue weighted by Crippen LogP contribution is 1.68. The van der Waals surface area contributed by atoms with Crippen molar-refractivity contribution in [2.75, 3.05) is 6.54 Å². The molecule has 0 aliphatic rings. The second kappa shape index (κ2) is 13.1. The molecule has 19 heavy (non-hydrogen) atoms. The highest BCUT2D eigenvalue weighted by molar-refractivity contribution is 6.47. The van der Waals surface area contributed by atoms with Gasteiger partial charge in [0.05, 0.1) is 0 Å². The summed E-state index contributed by atoms with van der Waals surface area (Å²) in [4.78, 5) is 87.9. The molecular formula is C3H21NO12Si3. The van der Waals surface area contributed by atoms with E-state index in [9.17, 15) is 0 Å². The van der Waals surface area contributed by atoms with Crippen LogP contribution in [0.1, 0.15) is 13.3 Å². The van der Waals surface area contributed by atoms with E-state index in [1.807, 2.05) is 0 Å². The quantitative estimate of drug-likeness (QED) is 0.196. The molecule has 0 bridgehead atoms. The largest absolute Gasteiger partial charge is 0.668 e. The van der Waals surface area contributed by atoms with E-state index in [1.54, 1.807) is 0 Å². The van der Waals surface area contributed by atoms with Crippen molar-refractivity contribution < 1.29 is 57.5 Å². The smallest absolute Gasteiger partial charge is 0.368 e. The van der Waals surface area contributed by atoms with E-state index in [4.69, 9.17) is 63.3 Å². The molecule has 0 saturated heterocycles. The van der Waals surface area contributed by atoms with E-state index >= 15 is 0 Å². The SMILES string of the molecule is CCCN.O[Si](O)(O)O.O[Si](O)(O)O.O[Si](O)(O)O. The van der Waals surface area contributed by atoms with Crippen molar-refractivity contribution in [1.29, 1.82) is 0 Å². The van der Waals surface area contributed by atoms with Crippen LogP contribution in [0.3, 0.4) is 0 Å². The minimum atomic E-state index is -4.61. The van der Waals surface area contributed by atoms with Crippen LogP contribution in [-0.4, -0.2) is 91.2 Å². The minimum Gasteiger partial charge on any atom is -0.368 e. The molecule has 0 aliphatic carbocycles. The molecule has 0 fully saturated rings. The first kappa shape index (κ1) is 27.5. The third-order valence-electron chi connectivity index (χ3n) is 0.289. The van der Waals surface area contributed by atoms with Gasteiger partial charge in [-0.25, -0.2) is 0 Å². The van der Waals surface area contributed by atoms with E-state index in [1.165, 1.54) is 0 Å². The maximum Gasteiger partial charge on any atom is 0.668 e. The number of hydrogen-bond donors (Lipinski definition) is 13. The van der Waals surface area contributed by atoms with Gasteiger partial charge in [-0.05, 0) is 13.0 Å². The standard InChI is InChI=1S/C3H9N.3H4O4Si/c1-2-3-4;3*1-5(2,3)4/h2-4H2,1H3;3*1-4H. The Bertz CT molecular complexity index is 124. The second-order valence-corrected chi connectivity index (χ2v) is 6.19. The van der Waals surface area contributed by atoms with E-state index in [0.717, 1.165) is 13.0 Å². The summed E-state index contributed by atoms with van der Waals surface area (Å²) in [6.45, 7) is 2.88. The van der Waals surface area contributed by atoms with E-state index < -0.39 is 27.1 Å². The van der Waals surface area contributed by atoms with Gasteiger partial charge < -0.3 is 63.3 Å². The maximum absolute atomic E-state index is 7.33. The second-order valence-electron chi connectivity index (χ2n) is 2.59. The van der Waals surface area contributed by atoms with Crippen LogP contribution in [-0.2, 0) is 0 Å². The molecule has 0 amide bonds. The zero-order chi connectivity index (χ0) is 16.9. The Morgan fingerprint density at radius 2 is 0.632 bits per heavy atom. The van der Waals surface area contributed by atoms with Gasteiger partial charge in [-0.1, -0.05) is 6.92 Å². The maximum atomic E-state index is 7.33. The first-order valence-electron chi connectivity index (χ1n) is 4.30. The normalized spacial score (nSPS) is 11.1. The summed E-state index contributed by atoms with van der Waals surface area (Å²) < 4.78 is 0. The first-order chi connectivity index (χ1) is 7.91. The van der Waals surface area contributed by atoms with Gasteiger partial charge in [0, 0.05) is 0 Å². The van der Waals surface area contributed by atoms with Gasteiger partial charge in [0.25, 0.3) is 0 Å². The summed E-state index contributed by atoms with van der Waals surface area (Å²) in [7, 11) is -13.8. The molecule has 13 nitrogen and oxygen atoms in total. The molecule has 0 aromatic carbocycles. The summed E-state index contributed by atoms with van der Waals surface area (Å²) in [5.41, 5.74) is 5.03. The van der Waals surface area contributed by atoms with Gasteiger partial charge >= 0.3 is 27.1 Å². The Balaban J connectivity index is -0.0000000793. The van der Waals surface area contributed by atoms with Crippen LogP contribution in [0.2, 0.25) is 0 Å². The van der Waals surface area contributed by atoms with Crippen molar-refractivity contribution >= 4 is 27.1 Å². The van der Waals surface area contributed by atoms with E-state index in [-0.39, 0.29) is 0 Å². The lowest BCUT2D eigenvalue weighted by molar-refractivity contribution is 0.115. The van der Waals surface area contributed by atoms with Crippen molar-refractivity contribution in [2.45, 2.75) is 13.3 Å². The number of rotatable bonds is 1. The Morgan fingerprint density at radius 3 is 0.632 bits per heavy atom. The molecule has 16 heteroatoms. The van der Waals surface area contributed by atoms with Crippen LogP contribution >= 0.6 is 0 Å². The Morgan fingerprint density at radius 1 is 0.579 bits per heavy atom. The zero-order valence-corrected chi connectivity index (χ0v) is 12.9. The average Bonchev–Trinajstić information content (AvgIpc) is 1.93. The molecule has 0 unspecified atom stereocenters. The van der Waals surface area contributed by atoms with E-state index in [0.29, 0.717) is 0 Å². The molecule has 0 aliphatic heterocycles. The monoisotopic (exact) mass is 347 g/mol. The third-order valence-corrected chi connectivity index (χ3v) is 0.289. The molecule has 0 aromatic rings. The fraction of sp³-hybridized carbons (Fsp3) is 1.00. The van der Waals surface area contributed by atoms with Crippen LogP contribution in [0.25, 0.3) is 0 Å². The average molecular weight is 347 g/mol. The van der Waals surface area contributed by atoms with Crippen LogP contribution in [0.4, 0.5) is 0 Å². The Hall–Kier alpha value is 0.131. The van der Waals surface area contributed by atoms with Gasteiger partial charge in [0.1, 0.15) is 0 Å². The number of hydrogen-bond acceptors (Lipinski definition) is 13. The minimum absolute atomic E-state index is 0.819. The van der Waals surface area contributed by atoms with Crippen LogP contribution in [0.15, 0.2) is 0 Å². The topological polar surface area (TPSA) is 269 Å². The number of nitrogens with two attached hydrogens (primary N) is 1. The fourth-order valence-corrected chi connectivity index (χ4v) is 0. The van der Waals surface area contributed by atoms with Crippen molar-refractivity contribution in [1.82, 2.24) is 0 Å². The van der Waals surface area contributed by atoms with Gasteiger partial charge in [-0.3, -0.25) is 0 Å². The van der Waals surface area contributed by atoms with Crippen molar-refractivity contribution in [3.05, 3.63) is 0 Å². The molecular weight excluding hydrogens is 326 g/mol. The Labute approximate surface area is 111 Å². The Kier molecular flexibility index (Phi) is 19.0. The highest BCUT2D eigenvalue weighted by Gasteiger charge is 2.23. The lowest BCUT2D eigenvalue weighted by atomic mass is 10.5. The summed E-state index contributed by atoms with van der Waals surface area (Å²) in [6, 6.07) is 0. The van der Waals surface area contributed by atoms with E-state index in [2.05, 4.69) is 6.92 Å². The molecule has 0 aromatic heterocycles. The van der Waals surface area contributed by atoms with Gasteiger partial charge in [0.15, 0.2) is 0 Å². The molecule has 0 rings (SSSR count). The molecule has 0 radical (unpaired) electrons.